The molecule has 186 valence electrons. The first-order valence-corrected chi connectivity index (χ1v) is 12.3. The molecule has 10 nitrogen and oxygen atoms in total. The van der Waals surface area contributed by atoms with E-state index in [1.165, 1.54) is 0 Å². The van der Waals surface area contributed by atoms with Crippen LogP contribution < -0.4 is 10.6 Å². The lowest BCUT2D eigenvalue weighted by Gasteiger charge is -2.11. The molecule has 1 aliphatic carbocycles. The van der Waals surface area contributed by atoms with Gasteiger partial charge in [-0.3, -0.25) is 14.0 Å². The highest BCUT2D eigenvalue weighted by atomic mass is 35.5. The van der Waals surface area contributed by atoms with Gasteiger partial charge in [0.2, 0.25) is 5.91 Å². The molecule has 2 N–H and O–H groups in total. The lowest BCUT2D eigenvalue weighted by atomic mass is 10.0. The summed E-state index contributed by atoms with van der Waals surface area (Å²) in [5.74, 6) is 0.908. The van der Waals surface area contributed by atoms with Crippen LogP contribution in [0.3, 0.4) is 0 Å². The van der Waals surface area contributed by atoms with E-state index in [0.717, 1.165) is 35.5 Å². The minimum Gasteiger partial charge on any atom is -0.355 e. The summed E-state index contributed by atoms with van der Waals surface area (Å²) >= 11 is 6.38. The van der Waals surface area contributed by atoms with Crippen LogP contribution in [0.2, 0.25) is 5.02 Å². The molecule has 1 saturated carbocycles. The van der Waals surface area contributed by atoms with Crippen molar-refractivity contribution in [2.24, 2.45) is 5.92 Å². The summed E-state index contributed by atoms with van der Waals surface area (Å²) < 4.78 is 3.60. The highest BCUT2D eigenvalue weighted by Gasteiger charge is 2.30. The monoisotopic (exact) mass is 514 g/mol. The topological polar surface area (TPSA) is 119 Å². The average molecular weight is 515 g/mol. The van der Waals surface area contributed by atoms with Crippen molar-refractivity contribution in [1.29, 1.82) is 0 Å². The van der Waals surface area contributed by atoms with Crippen LogP contribution in [0.5, 0.6) is 0 Å². The van der Waals surface area contributed by atoms with Crippen LogP contribution in [0.25, 0.3) is 22.4 Å². The van der Waals surface area contributed by atoms with E-state index in [-0.39, 0.29) is 23.7 Å². The molecule has 4 aromatic heterocycles. The number of carbonyl (C=O) groups excluding carboxylic acids is 2. The molecule has 1 aliphatic rings. The van der Waals surface area contributed by atoms with Gasteiger partial charge in [0.15, 0.2) is 17.1 Å². The summed E-state index contributed by atoms with van der Waals surface area (Å²) in [5.41, 5.74) is 4.32. The summed E-state index contributed by atoms with van der Waals surface area (Å²) in [6, 6.07) is 12.9. The average Bonchev–Trinajstić information content (AvgIpc) is 3.56. The Hall–Kier alpha value is -4.31. The molecular formula is C26H23ClN8O2. The van der Waals surface area contributed by atoms with Crippen molar-refractivity contribution in [3.63, 3.8) is 0 Å². The van der Waals surface area contributed by atoms with Crippen molar-refractivity contribution in [3.8, 4) is 11.1 Å². The zero-order chi connectivity index (χ0) is 25.7. The van der Waals surface area contributed by atoms with Crippen LogP contribution in [0.15, 0.2) is 54.9 Å². The fourth-order valence-corrected chi connectivity index (χ4v) is 4.55. The van der Waals surface area contributed by atoms with Gasteiger partial charge in [0, 0.05) is 19.2 Å². The van der Waals surface area contributed by atoms with Gasteiger partial charge in [0.25, 0.3) is 5.91 Å². The molecule has 6 rings (SSSR count). The maximum absolute atomic E-state index is 12.1. The molecule has 11 heteroatoms. The van der Waals surface area contributed by atoms with Gasteiger partial charge in [-0.05, 0) is 67.3 Å². The molecule has 5 aromatic rings. The lowest BCUT2D eigenvalue weighted by molar-refractivity contribution is -0.117. The van der Waals surface area contributed by atoms with Crippen LogP contribution in [0, 0.1) is 5.92 Å². The summed E-state index contributed by atoms with van der Waals surface area (Å²) in [5, 5.41) is 19.3. The van der Waals surface area contributed by atoms with Gasteiger partial charge in [-0.1, -0.05) is 17.7 Å². The van der Waals surface area contributed by atoms with Gasteiger partial charge in [0.1, 0.15) is 5.82 Å². The van der Waals surface area contributed by atoms with E-state index < -0.39 is 0 Å². The molecule has 37 heavy (non-hydrogen) atoms. The predicted octanol–water partition coefficient (Wildman–Crippen LogP) is 3.95. The fourth-order valence-electron chi connectivity index (χ4n) is 4.28. The Morgan fingerprint density at radius 3 is 2.57 bits per heavy atom. The molecule has 0 saturated heterocycles. The second-order valence-electron chi connectivity index (χ2n) is 9.15. The molecular weight excluding hydrogens is 492 g/mol. The second kappa shape index (κ2) is 8.97. The number of hydrogen-bond acceptors (Lipinski definition) is 6. The first-order valence-electron chi connectivity index (χ1n) is 11.9. The number of benzene rings is 1. The minimum atomic E-state index is -0.235. The molecule has 0 radical (unpaired) electrons. The Morgan fingerprint density at radius 2 is 1.81 bits per heavy atom. The Bertz CT molecular complexity index is 1690. The summed E-state index contributed by atoms with van der Waals surface area (Å²) in [7, 11) is 1.57. The Labute approximate surface area is 216 Å². The van der Waals surface area contributed by atoms with Crippen LogP contribution >= 0.6 is 11.6 Å². The molecule has 1 aromatic carbocycles. The van der Waals surface area contributed by atoms with Crippen molar-refractivity contribution in [2.45, 2.75) is 25.7 Å². The number of nitrogens with one attached hydrogen (secondary N) is 2. The number of hydrogen-bond donors (Lipinski definition) is 2. The highest BCUT2D eigenvalue weighted by Crippen LogP contribution is 2.30. The second-order valence-corrected chi connectivity index (χ2v) is 9.56. The Balaban J connectivity index is 1.31. The number of carbonyl (C=O) groups is 2. The van der Waals surface area contributed by atoms with Crippen molar-refractivity contribution >= 4 is 40.5 Å². The normalized spacial score (nSPS) is 14.1. The van der Waals surface area contributed by atoms with E-state index in [9.17, 15) is 9.59 Å². The van der Waals surface area contributed by atoms with E-state index in [0.29, 0.717) is 27.7 Å². The third-order valence-electron chi connectivity index (χ3n) is 6.57. The highest BCUT2D eigenvalue weighted by molar-refractivity contribution is 6.34. The first-order chi connectivity index (χ1) is 17.9. The number of amides is 2. The van der Waals surface area contributed by atoms with Gasteiger partial charge in [-0.2, -0.15) is 5.10 Å². The lowest BCUT2D eigenvalue weighted by Crippen LogP contribution is -2.18. The molecule has 1 fully saturated rings. The van der Waals surface area contributed by atoms with Gasteiger partial charge < -0.3 is 10.6 Å². The standard InChI is InChI=1S/C26H23ClN8O2/c1-14(20-8-10-22-29-21(13-35(22)33-20)30-25(36)15-3-4-15)24-32-31-23-9-6-17(12-34(23)24)16-5-7-18(19(27)11-16)26(37)28-2/h5-15H,3-4H2,1-2H3,(H,28,37)(H,30,36). The Morgan fingerprint density at radius 1 is 1.03 bits per heavy atom. The number of nitrogens with zero attached hydrogens (tertiary/aromatic N) is 6. The number of imidazole rings is 1. The molecule has 0 aliphatic heterocycles. The third-order valence-corrected chi connectivity index (χ3v) is 6.89. The van der Waals surface area contributed by atoms with E-state index in [1.54, 1.807) is 29.9 Å². The van der Waals surface area contributed by atoms with Gasteiger partial charge in [0.05, 0.1) is 28.4 Å². The van der Waals surface area contributed by atoms with Crippen molar-refractivity contribution in [2.75, 3.05) is 12.4 Å². The van der Waals surface area contributed by atoms with E-state index >= 15 is 0 Å². The number of pyridine rings is 1. The van der Waals surface area contributed by atoms with Gasteiger partial charge >= 0.3 is 0 Å². The van der Waals surface area contributed by atoms with Crippen LogP contribution in [0.1, 0.15) is 47.6 Å². The third kappa shape index (κ3) is 4.29. The van der Waals surface area contributed by atoms with Gasteiger partial charge in [-0.15, -0.1) is 10.2 Å². The minimum absolute atomic E-state index is 0.00675. The number of fused-ring (bicyclic) bond motifs is 2. The molecule has 1 atom stereocenters. The smallest absolute Gasteiger partial charge is 0.252 e. The summed E-state index contributed by atoms with van der Waals surface area (Å²) in [6.07, 6.45) is 5.54. The largest absolute Gasteiger partial charge is 0.355 e. The predicted molar refractivity (Wildman–Crippen MR) is 139 cm³/mol. The summed E-state index contributed by atoms with van der Waals surface area (Å²) in [6.45, 7) is 2.01. The number of halogens is 1. The first kappa shape index (κ1) is 23.1. The van der Waals surface area contributed by atoms with E-state index in [4.69, 9.17) is 16.7 Å². The van der Waals surface area contributed by atoms with Crippen molar-refractivity contribution in [1.82, 2.24) is 34.5 Å². The van der Waals surface area contributed by atoms with Gasteiger partial charge in [-0.25, -0.2) is 9.50 Å². The number of rotatable bonds is 6. The van der Waals surface area contributed by atoms with Crippen LogP contribution in [0.4, 0.5) is 5.82 Å². The number of anilines is 1. The van der Waals surface area contributed by atoms with Crippen LogP contribution in [-0.2, 0) is 4.79 Å². The zero-order valence-corrected chi connectivity index (χ0v) is 20.9. The maximum Gasteiger partial charge on any atom is 0.252 e. The van der Waals surface area contributed by atoms with E-state index in [2.05, 4.69) is 25.8 Å². The zero-order valence-electron chi connectivity index (χ0n) is 20.1. The fraction of sp³-hybridized carbons (Fsp3) is 0.231. The summed E-state index contributed by atoms with van der Waals surface area (Å²) in [4.78, 5) is 28.5. The molecule has 0 bridgehead atoms. The molecule has 1 unspecified atom stereocenters. The van der Waals surface area contributed by atoms with Crippen molar-refractivity contribution < 1.29 is 9.59 Å². The SMILES string of the molecule is CNC(=O)c1ccc(-c2ccc3nnc(C(C)c4ccc5nc(NC(=O)C6CC6)cn5n4)n3c2)cc1Cl. The van der Waals surface area contributed by atoms with Crippen LogP contribution in [-0.4, -0.2) is 48.1 Å². The number of aromatic nitrogens is 6. The maximum atomic E-state index is 12.1. The van der Waals surface area contributed by atoms with Crippen molar-refractivity contribution in [3.05, 3.63) is 77.0 Å². The molecule has 0 spiro atoms. The Kier molecular flexibility index (Phi) is 5.60. The molecule has 2 amide bonds. The molecule has 4 heterocycles. The quantitative estimate of drug-likeness (QED) is 0.354. The van der Waals surface area contributed by atoms with E-state index in [1.807, 2.05) is 47.9 Å².